The first-order valence-corrected chi connectivity index (χ1v) is 6.41. The molecule has 2 heterocycles. The molecule has 2 rings (SSSR count). The molecule has 0 radical (unpaired) electrons. The number of nitrogens with zero attached hydrogens (tertiary/aromatic N) is 1. The number of fused-ring (bicyclic) bond motifs is 1. The van der Waals surface area contributed by atoms with Crippen molar-refractivity contribution in [2.45, 2.75) is 49.6 Å². The molecule has 0 spiro atoms. The van der Waals surface area contributed by atoms with Gasteiger partial charge in [-0.1, -0.05) is 25.1 Å². The average Bonchev–Trinajstić information content (AvgIpc) is 2.67. The van der Waals surface area contributed by atoms with E-state index in [-0.39, 0.29) is 12.0 Å². The molecular formula is C10H17NO4S. The molecule has 0 amide bonds. The molecule has 16 heavy (non-hydrogen) atoms. The van der Waals surface area contributed by atoms with Crippen LogP contribution >= 0.6 is 11.8 Å². The van der Waals surface area contributed by atoms with Crippen LogP contribution in [0.2, 0.25) is 0 Å². The topological polar surface area (TPSA) is 82.3 Å². The Morgan fingerprint density at radius 3 is 2.75 bits per heavy atom. The monoisotopic (exact) mass is 247 g/mol. The quantitative estimate of drug-likeness (QED) is 0.640. The van der Waals surface area contributed by atoms with Gasteiger partial charge < -0.3 is 20.1 Å². The summed E-state index contributed by atoms with van der Waals surface area (Å²) < 4.78 is 5.51. The minimum atomic E-state index is -1.06. The van der Waals surface area contributed by atoms with Gasteiger partial charge in [0.2, 0.25) is 0 Å². The van der Waals surface area contributed by atoms with E-state index in [4.69, 9.17) is 9.84 Å². The van der Waals surface area contributed by atoms with Crippen molar-refractivity contribution in [2.24, 2.45) is 4.99 Å². The molecule has 1 fully saturated rings. The highest BCUT2D eigenvalue weighted by atomic mass is 32.2. The first kappa shape index (κ1) is 12.3. The lowest BCUT2D eigenvalue weighted by Crippen LogP contribution is -2.55. The third kappa shape index (κ3) is 2.12. The lowest BCUT2D eigenvalue weighted by Gasteiger charge is -2.37. The summed E-state index contributed by atoms with van der Waals surface area (Å²) in [6, 6.07) is -0.399. The van der Waals surface area contributed by atoms with E-state index in [9.17, 15) is 10.2 Å². The zero-order chi connectivity index (χ0) is 11.7. The molecule has 0 aromatic carbocycles. The fourth-order valence-corrected chi connectivity index (χ4v) is 3.30. The van der Waals surface area contributed by atoms with Gasteiger partial charge in [0.1, 0.15) is 29.8 Å². The van der Waals surface area contributed by atoms with Crippen LogP contribution in [0.4, 0.5) is 0 Å². The molecule has 0 aliphatic carbocycles. The van der Waals surface area contributed by atoms with Gasteiger partial charge in [-0.3, -0.25) is 4.99 Å². The van der Waals surface area contributed by atoms with E-state index in [0.29, 0.717) is 0 Å². The predicted molar refractivity (Wildman–Crippen MR) is 61.5 cm³/mol. The second-order valence-corrected chi connectivity index (χ2v) is 5.26. The molecule has 5 unspecified atom stereocenters. The summed E-state index contributed by atoms with van der Waals surface area (Å²) in [5.41, 5.74) is -0.267. The number of aliphatic hydroxyl groups is 3. The fraction of sp³-hybridized carbons (Fsp3) is 0.900. The molecular weight excluding hydrogens is 230 g/mol. The van der Waals surface area contributed by atoms with Crippen LogP contribution in [-0.2, 0) is 4.74 Å². The predicted octanol–water partition coefficient (Wildman–Crippen LogP) is -0.261. The molecule has 5 atom stereocenters. The Labute approximate surface area is 98.5 Å². The number of aliphatic imine (C=N–C) groups is 1. The SMILES string of the molecule is CCCC1=NC2C(OC(CO)C(O)C2O)S1. The summed E-state index contributed by atoms with van der Waals surface area (Å²) in [4.78, 5) is 4.36. The molecule has 92 valence electrons. The molecule has 0 aromatic rings. The highest BCUT2D eigenvalue weighted by molar-refractivity contribution is 8.14. The summed E-state index contributed by atoms with van der Waals surface area (Å²) in [6.07, 6.45) is -0.852. The van der Waals surface area contributed by atoms with Gasteiger partial charge in [-0.15, -0.1) is 0 Å². The largest absolute Gasteiger partial charge is 0.394 e. The first-order chi connectivity index (χ1) is 7.67. The second-order valence-electron chi connectivity index (χ2n) is 4.09. The smallest absolute Gasteiger partial charge is 0.134 e. The maximum atomic E-state index is 9.87. The van der Waals surface area contributed by atoms with E-state index in [2.05, 4.69) is 11.9 Å². The molecule has 5 nitrogen and oxygen atoms in total. The maximum Gasteiger partial charge on any atom is 0.134 e. The van der Waals surface area contributed by atoms with Crippen LogP contribution in [0.3, 0.4) is 0 Å². The van der Waals surface area contributed by atoms with E-state index >= 15 is 0 Å². The molecule has 0 saturated carbocycles. The third-order valence-electron chi connectivity index (χ3n) is 2.86. The van der Waals surface area contributed by atoms with E-state index in [1.165, 1.54) is 11.8 Å². The van der Waals surface area contributed by atoms with Gasteiger partial charge in [0.15, 0.2) is 0 Å². The zero-order valence-electron chi connectivity index (χ0n) is 9.11. The zero-order valence-corrected chi connectivity index (χ0v) is 9.93. The Balaban J connectivity index is 2.08. The Hall–Kier alpha value is -0.140. The van der Waals surface area contributed by atoms with Gasteiger partial charge >= 0.3 is 0 Å². The lowest BCUT2D eigenvalue weighted by molar-refractivity contribution is -0.164. The number of hydrogen-bond donors (Lipinski definition) is 3. The first-order valence-electron chi connectivity index (χ1n) is 5.53. The standard InChI is InChI=1S/C10H17NO4S/c1-2-3-6-11-7-9(14)8(13)5(4-12)15-10(7)16-6/h5,7-10,12-14H,2-4H2,1H3. The minimum Gasteiger partial charge on any atom is -0.394 e. The maximum absolute atomic E-state index is 9.87. The fourth-order valence-electron chi connectivity index (χ4n) is 1.97. The summed E-state index contributed by atoms with van der Waals surface area (Å²) in [7, 11) is 0. The number of thioether (sulfide) groups is 1. The van der Waals surface area contributed by atoms with Crippen molar-refractivity contribution < 1.29 is 20.1 Å². The molecule has 2 aliphatic heterocycles. The average molecular weight is 247 g/mol. The van der Waals surface area contributed by atoms with E-state index < -0.39 is 24.4 Å². The van der Waals surface area contributed by atoms with Crippen molar-refractivity contribution in [3.8, 4) is 0 Å². The van der Waals surface area contributed by atoms with Crippen LogP contribution < -0.4 is 0 Å². The van der Waals surface area contributed by atoms with Gasteiger partial charge in [-0.05, 0) is 6.42 Å². The number of rotatable bonds is 3. The van der Waals surface area contributed by atoms with Crippen molar-refractivity contribution >= 4 is 16.8 Å². The van der Waals surface area contributed by atoms with Crippen LogP contribution in [0.25, 0.3) is 0 Å². The van der Waals surface area contributed by atoms with Gasteiger partial charge in [0, 0.05) is 0 Å². The van der Waals surface area contributed by atoms with Crippen molar-refractivity contribution in [1.82, 2.24) is 0 Å². The van der Waals surface area contributed by atoms with Crippen molar-refractivity contribution in [1.29, 1.82) is 0 Å². The Bertz CT molecular complexity index is 286. The summed E-state index contributed by atoms with van der Waals surface area (Å²) in [5, 5.41) is 29.5. The number of hydrogen-bond acceptors (Lipinski definition) is 6. The van der Waals surface area contributed by atoms with Crippen LogP contribution in [0.15, 0.2) is 4.99 Å². The van der Waals surface area contributed by atoms with Crippen LogP contribution in [0.5, 0.6) is 0 Å². The van der Waals surface area contributed by atoms with E-state index in [1.54, 1.807) is 0 Å². The highest BCUT2D eigenvalue weighted by Crippen LogP contribution is 2.37. The molecule has 0 bridgehead atoms. The second kappa shape index (κ2) is 5.01. The lowest BCUT2D eigenvalue weighted by atomic mass is 9.99. The normalized spacial score (nSPS) is 43.0. The Kier molecular flexibility index (Phi) is 3.86. The number of ether oxygens (including phenoxy) is 1. The molecule has 2 aliphatic rings. The van der Waals surface area contributed by atoms with E-state index in [0.717, 1.165) is 17.9 Å². The van der Waals surface area contributed by atoms with Gasteiger partial charge in [-0.2, -0.15) is 0 Å². The molecule has 3 N–H and O–H groups in total. The Morgan fingerprint density at radius 2 is 2.12 bits per heavy atom. The van der Waals surface area contributed by atoms with Crippen LogP contribution in [0.1, 0.15) is 19.8 Å². The van der Waals surface area contributed by atoms with Crippen molar-refractivity contribution in [2.75, 3.05) is 6.61 Å². The van der Waals surface area contributed by atoms with Gasteiger partial charge in [0.25, 0.3) is 0 Å². The minimum absolute atomic E-state index is 0.267. The Morgan fingerprint density at radius 1 is 1.38 bits per heavy atom. The summed E-state index contributed by atoms with van der Waals surface area (Å²) >= 11 is 1.49. The summed E-state index contributed by atoms with van der Waals surface area (Å²) in [6.45, 7) is 1.78. The van der Waals surface area contributed by atoms with E-state index in [1.807, 2.05) is 0 Å². The van der Waals surface area contributed by atoms with Gasteiger partial charge in [-0.25, -0.2) is 0 Å². The summed E-state index contributed by atoms with van der Waals surface area (Å²) in [5.74, 6) is 0. The van der Waals surface area contributed by atoms with Crippen molar-refractivity contribution in [3.05, 3.63) is 0 Å². The molecule has 6 heteroatoms. The van der Waals surface area contributed by atoms with Crippen molar-refractivity contribution in [3.63, 3.8) is 0 Å². The third-order valence-corrected chi connectivity index (χ3v) is 4.06. The molecule has 1 saturated heterocycles. The highest BCUT2D eigenvalue weighted by Gasteiger charge is 2.47. The van der Waals surface area contributed by atoms with Crippen LogP contribution in [-0.4, -0.2) is 56.8 Å². The molecule has 0 aromatic heterocycles. The number of aliphatic hydroxyl groups excluding tert-OH is 3. The van der Waals surface area contributed by atoms with Crippen LogP contribution in [0, 0.1) is 0 Å². The van der Waals surface area contributed by atoms with Gasteiger partial charge in [0.05, 0.1) is 11.7 Å².